The van der Waals surface area contributed by atoms with Crippen LogP contribution in [0, 0.1) is 11.8 Å². The van der Waals surface area contributed by atoms with E-state index in [2.05, 4.69) is 44.8 Å². The second kappa shape index (κ2) is 9.04. The molecule has 1 heterocycles. The first-order chi connectivity index (χ1) is 9.44. The minimum atomic E-state index is 0.268. The Morgan fingerprint density at radius 1 is 1.15 bits per heavy atom. The first kappa shape index (κ1) is 18.0. The molecule has 0 spiro atoms. The molecule has 2 heteroatoms. The van der Waals surface area contributed by atoms with Crippen LogP contribution in [0.3, 0.4) is 0 Å². The fourth-order valence-electron chi connectivity index (χ4n) is 3.11. The summed E-state index contributed by atoms with van der Waals surface area (Å²) < 4.78 is 0. The van der Waals surface area contributed by atoms with Gasteiger partial charge in [-0.15, -0.1) is 0 Å². The van der Waals surface area contributed by atoms with Crippen molar-refractivity contribution in [3.63, 3.8) is 0 Å². The summed E-state index contributed by atoms with van der Waals surface area (Å²) in [5.74, 6) is 1.82. The summed E-state index contributed by atoms with van der Waals surface area (Å²) in [6.45, 7) is 16.6. The Balaban J connectivity index is 2.20. The van der Waals surface area contributed by atoms with Crippen molar-refractivity contribution < 1.29 is 0 Å². The molecule has 0 aliphatic carbocycles. The van der Waals surface area contributed by atoms with Gasteiger partial charge in [0.25, 0.3) is 0 Å². The van der Waals surface area contributed by atoms with Gasteiger partial charge >= 0.3 is 0 Å². The highest BCUT2D eigenvalue weighted by molar-refractivity contribution is 4.79. The van der Waals surface area contributed by atoms with Crippen molar-refractivity contribution >= 4 is 0 Å². The van der Waals surface area contributed by atoms with Crippen molar-refractivity contribution in [1.82, 2.24) is 10.2 Å². The molecule has 1 rings (SSSR count). The highest BCUT2D eigenvalue weighted by Crippen LogP contribution is 2.21. The van der Waals surface area contributed by atoms with Gasteiger partial charge in [-0.25, -0.2) is 0 Å². The van der Waals surface area contributed by atoms with Crippen molar-refractivity contribution in [2.45, 2.75) is 78.7 Å². The quantitative estimate of drug-likeness (QED) is 0.714. The Kier molecular flexibility index (Phi) is 8.13. The van der Waals surface area contributed by atoms with Crippen LogP contribution in [0.5, 0.6) is 0 Å². The van der Waals surface area contributed by atoms with E-state index in [4.69, 9.17) is 0 Å². The predicted octanol–water partition coefficient (Wildman–Crippen LogP) is 4.30. The summed E-state index contributed by atoms with van der Waals surface area (Å²) in [6.07, 6.45) is 8.30. The average Bonchev–Trinajstić information content (AvgIpc) is 2.41. The van der Waals surface area contributed by atoms with Gasteiger partial charge in [-0.1, -0.05) is 33.1 Å². The molecule has 20 heavy (non-hydrogen) atoms. The first-order valence-electron chi connectivity index (χ1n) is 8.92. The molecule has 1 aliphatic rings. The van der Waals surface area contributed by atoms with Crippen LogP contribution < -0.4 is 5.32 Å². The number of unbranched alkanes of at least 4 members (excludes halogenated alkanes) is 1. The van der Waals surface area contributed by atoms with Gasteiger partial charge in [0.15, 0.2) is 0 Å². The number of hydrogen-bond acceptors (Lipinski definition) is 2. The summed E-state index contributed by atoms with van der Waals surface area (Å²) in [4.78, 5) is 2.72. The van der Waals surface area contributed by atoms with E-state index in [9.17, 15) is 0 Å². The lowest BCUT2D eigenvalue weighted by molar-refractivity contribution is 0.150. The van der Waals surface area contributed by atoms with Crippen molar-refractivity contribution in [2.24, 2.45) is 11.8 Å². The molecule has 0 saturated carbocycles. The molecule has 120 valence electrons. The summed E-state index contributed by atoms with van der Waals surface area (Å²) in [7, 11) is 0. The molecule has 1 aliphatic heterocycles. The van der Waals surface area contributed by atoms with Gasteiger partial charge in [0.05, 0.1) is 0 Å². The van der Waals surface area contributed by atoms with Crippen LogP contribution in [0.1, 0.15) is 73.1 Å². The fourth-order valence-corrected chi connectivity index (χ4v) is 3.11. The van der Waals surface area contributed by atoms with E-state index in [1.54, 1.807) is 0 Å². The summed E-state index contributed by atoms with van der Waals surface area (Å²) in [5.41, 5.74) is 0.268. The van der Waals surface area contributed by atoms with E-state index in [1.807, 2.05) is 0 Å². The highest BCUT2D eigenvalue weighted by Gasteiger charge is 2.22. The molecule has 0 radical (unpaired) electrons. The van der Waals surface area contributed by atoms with E-state index in [0.29, 0.717) is 0 Å². The second-order valence-electron chi connectivity index (χ2n) is 7.79. The lowest BCUT2D eigenvalue weighted by atomic mass is 9.93. The topological polar surface area (TPSA) is 15.3 Å². The van der Waals surface area contributed by atoms with Gasteiger partial charge in [-0.05, 0) is 71.5 Å². The number of nitrogens with zero attached hydrogens (tertiary/aromatic N) is 1. The highest BCUT2D eigenvalue weighted by atomic mass is 15.1. The molecule has 1 atom stereocenters. The fraction of sp³-hybridized carbons (Fsp3) is 1.00. The smallest absolute Gasteiger partial charge is 0.00966 e. The standard InChI is InChI=1S/C18H38N2/c1-6-8-9-16(7-2)15-20-12-10-17(11-13-20)14-19-18(3,4)5/h16-17,19H,6-15H2,1-5H3. The third kappa shape index (κ3) is 7.64. The number of likely N-dealkylation sites (tertiary alicyclic amines) is 1. The molecule has 1 saturated heterocycles. The Hall–Kier alpha value is -0.0800. The number of hydrogen-bond donors (Lipinski definition) is 1. The van der Waals surface area contributed by atoms with E-state index >= 15 is 0 Å². The van der Waals surface area contributed by atoms with Crippen molar-refractivity contribution in [2.75, 3.05) is 26.2 Å². The van der Waals surface area contributed by atoms with Crippen LogP contribution >= 0.6 is 0 Å². The van der Waals surface area contributed by atoms with Gasteiger partial charge < -0.3 is 10.2 Å². The normalized spacial score (nSPS) is 20.2. The van der Waals surface area contributed by atoms with Crippen molar-refractivity contribution in [1.29, 1.82) is 0 Å². The molecule has 0 aromatic rings. The van der Waals surface area contributed by atoms with Crippen LogP contribution in [0.25, 0.3) is 0 Å². The average molecular weight is 283 g/mol. The lowest BCUT2D eigenvalue weighted by Crippen LogP contribution is -2.43. The van der Waals surface area contributed by atoms with E-state index in [-0.39, 0.29) is 5.54 Å². The zero-order valence-electron chi connectivity index (χ0n) is 14.7. The summed E-state index contributed by atoms with van der Waals surface area (Å²) >= 11 is 0. The number of nitrogens with one attached hydrogen (secondary N) is 1. The van der Waals surface area contributed by atoms with Gasteiger partial charge in [0.2, 0.25) is 0 Å². The Morgan fingerprint density at radius 3 is 2.30 bits per heavy atom. The van der Waals surface area contributed by atoms with Crippen LogP contribution in [0.4, 0.5) is 0 Å². The molecular weight excluding hydrogens is 244 g/mol. The zero-order valence-corrected chi connectivity index (χ0v) is 14.7. The van der Waals surface area contributed by atoms with Crippen LogP contribution in [-0.2, 0) is 0 Å². The van der Waals surface area contributed by atoms with Crippen LogP contribution in [0.2, 0.25) is 0 Å². The minimum Gasteiger partial charge on any atom is -0.312 e. The van der Waals surface area contributed by atoms with Gasteiger partial charge in [-0.2, -0.15) is 0 Å². The maximum atomic E-state index is 3.67. The molecular formula is C18H38N2. The molecule has 0 amide bonds. The van der Waals surface area contributed by atoms with E-state index < -0.39 is 0 Å². The Labute approximate surface area is 127 Å². The minimum absolute atomic E-state index is 0.268. The number of piperidine rings is 1. The molecule has 1 fully saturated rings. The largest absolute Gasteiger partial charge is 0.312 e. The van der Waals surface area contributed by atoms with Crippen molar-refractivity contribution in [3.8, 4) is 0 Å². The van der Waals surface area contributed by atoms with E-state index in [1.165, 1.54) is 64.7 Å². The molecule has 0 aromatic heterocycles. The maximum Gasteiger partial charge on any atom is 0.00966 e. The lowest BCUT2D eigenvalue weighted by Gasteiger charge is -2.35. The zero-order chi connectivity index (χ0) is 15.0. The molecule has 1 N–H and O–H groups in total. The maximum absolute atomic E-state index is 3.67. The Bertz CT molecular complexity index is 236. The Morgan fingerprint density at radius 2 is 1.80 bits per heavy atom. The monoisotopic (exact) mass is 282 g/mol. The molecule has 2 nitrogen and oxygen atoms in total. The third-order valence-corrected chi connectivity index (χ3v) is 4.69. The molecule has 1 unspecified atom stereocenters. The van der Waals surface area contributed by atoms with Gasteiger partial charge in [0, 0.05) is 12.1 Å². The van der Waals surface area contributed by atoms with Crippen LogP contribution in [-0.4, -0.2) is 36.6 Å². The third-order valence-electron chi connectivity index (χ3n) is 4.69. The van der Waals surface area contributed by atoms with Gasteiger partial charge in [0.1, 0.15) is 0 Å². The van der Waals surface area contributed by atoms with Gasteiger partial charge in [-0.3, -0.25) is 0 Å². The summed E-state index contributed by atoms with van der Waals surface area (Å²) in [5, 5.41) is 3.67. The molecule has 0 aromatic carbocycles. The number of rotatable bonds is 8. The second-order valence-corrected chi connectivity index (χ2v) is 7.79. The van der Waals surface area contributed by atoms with Crippen molar-refractivity contribution in [3.05, 3.63) is 0 Å². The predicted molar refractivity (Wildman–Crippen MR) is 90.2 cm³/mol. The van der Waals surface area contributed by atoms with Crippen LogP contribution in [0.15, 0.2) is 0 Å². The SMILES string of the molecule is CCCCC(CC)CN1CCC(CNC(C)(C)C)CC1. The van der Waals surface area contributed by atoms with E-state index in [0.717, 1.165) is 11.8 Å². The molecule has 0 bridgehead atoms. The first-order valence-corrected chi connectivity index (χ1v) is 8.92. The summed E-state index contributed by atoms with van der Waals surface area (Å²) in [6, 6.07) is 0.